The summed E-state index contributed by atoms with van der Waals surface area (Å²) >= 11 is 0. The monoisotopic (exact) mass is 386 g/mol. The molecule has 9 heteroatoms. The van der Waals surface area contributed by atoms with Gasteiger partial charge in [0, 0.05) is 17.8 Å². The Hall–Kier alpha value is -3.62. The van der Waals surface area contributed by atoms with Crippen LogP contribution in [0.25, 0.3) is 0 Å². The molecule has 2 aliphatic heterocycles. The van der Waals surface area contributed by atoms with Crippen LogP contribution in [0.15, 0.2) is 78.7 Å². The number of rotatable bonds is 3. The number of nitrogens with one attached hydrogen (secondary N) is 3. The van der Waals surface area contributed by atoms with Crippen LogP contribution in [0.2, 0.25) is 0 Å². The van der Waals surface area contributed by atoms with E-state index in [9.17, 15) is 18.0 Å². The van der Waals surface area contributed by atoms with Gasteiger partial charge in [-0.05, 0) is 23.2 Å². The quantitative estimate of drug-likeness (QED) is 0.851. The lowest BCUT2D eigenvalue weighted by atomic mass is 10.0. The van der Waals surface area contributed by atoms with Gasteiger partial charge < -0.3 is 10.2 Å². The van der Waals surface area contributed by atoms with Crippen molar-refractivity contribution in [3.63, 3.8) is 0 Å². The van der Waals surface area contributed by atoms with Crippen LogP contribution in [0.5, 0.6) is 0 Å². The van der Waals surface area contributed by atoms with Crippen LogP contribution in [-0.4, -0.2) is 15.8 Å². The van der Waals surface area contributed by atoms with Crippen molar-refractivity contribution in [1.82, 2.24) is 15.2 Å². The molecule has 0 saturated carbocycles. The molecule has 2 aromatic rings. The Labute approximate surface area is 158 Å². The van der Waals surface area contributed by atoms with E-state index in [-0.39, 0.29) is 11.3 Å². The fourth-order valence-corrected chi connectivity index (χ4v) is 3.15. The zero-order valence-corrected chi connectivity index (χ0v) is 14.4. The van der Waals surface area contributed by atoms with E-state index in [1.165, 1.54) is 24.5 Å². The second-order valence-corrected chi connectivity index (χ2v) is 6.10. The number of benzene rings is 1. The average Bonchev–Trinajstić information content (AvgIpc) is 3.08. The molecule has 0 spiro atoms. The summed E-state index contributed by atoms with van der Waals surface area (Å²) < 4.78 is 40.5. The predicted molar refractivity (Wildman–Crippen MR) is 93.9 cm³/mol. The molecule has 1 aromatic carbocycles. The number of allylic oxidation sites excluding steroid dienone is 3. The van der Waals surface area contributed by atoms with E-state index >= 15 is 0 Å². The van der Waals surface area contributed by atoms with E-state index in [4.69, 9.17) is 0 Å². The van der Waals surface area contributed by atoms with Gasteiger partial charge in [0.15, 0.2) is 0 Å². The topological polar surface area (TPSA) is 71.4 Å². The number of halogens is 3. The minimum atomic E-state index is -4.51. The highest BCUT2D eigenvalue weighted by atomic mass is 19.4. The molecular formula is C19H15F3N5O+. The van der Waals surface area contributed by atoms with E-state index in [0.717, 1.165) is 6.07 Å². The van der Waals surface area contributed by atoms with Crippen molar-refractivity contribution in [3.05, 3.63) is 89.8 Å². The summed E-state index contributed by atoms with van der Waals surface area (Å²) in [4.78, 5) is 21.1. The number of nitrogens with zero attached hydrogens (tertiary/aromatic N) is 2. The minimum absolute atomic E-state index is 0.0303. The van der Waals surface area contributed by atoms with Crippen molar-refractivity contribution in [3.8, 4) is 0 Å². The van der Waals surface area contributed by atoms with E-state index in [2.05, 4.69) is 20.6 Å². The van der Waals surface area contributed by atoms with Gasteiger partial charge in [0.05, 0.1) is 17.5 Å². The van der Waals surface area contributed by atoms with E-state index in [0.29, 0.717) is 11.5 Å². The molecule has 4 rings (SSSR count). The van der Waals surface area contributed by atoms with Crippen LogP contribution in [0.3, 0.4) is 0 Å². The molecule has 3 N–H and O–H groups in total. The summed E-state index contributed by atoms with van der Waals surface area (Å²) in [5.41, 5.74) is -0.0823. The molecule has 1 atom stereocenters. The second-order valence-electron chi connectivity index (χ2n) is 6.10. The fourth-order valence-electron chi connectivity index (χ4n) is 3.15. The Morgan fingerprint density at radius 1 is 1.21 bits per heavy atom. The summed E-state index contributed by atoms with van der Waals surface area (Å²) in [6, 6.07) is 6.89. The number of aromatic amines is 1. The summed E-state index contributed by atoms with van der Waals surface area (Å²) in [5.74, 6) is -0.176. The van der Waals surface area contributed by atoms with Crippen LogP contribution in [-0.2, 0) is 11.0 Å². The highest BCUT2D eigenvalue weighted by Gasteiger charge is 2.40. The first-order valence-corrected chi connectivity index (χ1v) is 8.39. The highest BCUT2D eigenvalue weighted by Crippen LogP contribution is 2.40. The van der Waals surface area contributed by atoms with Crippen LogP contribution < -0.4 is 15.6 Å². The Balaban J connectivity index is 1.69. The lowest BCUT2D eigenvalue weighted by Gasteiger charge is -2.28. The molecule has 1 aromatic heterocycles. The van der Waals surface area contributed by atoms with Gasteiger partial charge in [-0.1, -0.05) is 24.3 Å². The maximum absolute atomic E-state index is 13.5. The number of hydrogen-bond donors (Lipinski definition) is 2. The molecule has 0 saturated heterocycles. The van der Waals surface area contributed by atoms with Crippen molar-refractivity contribution in [2.75, 3.05) is 5.32 Å². The van der Waals surface area contributed by atoms with E-state index < -0.39 is 23.8 Å². The minimum Gasteiger partial charge on any atom is -0.355 e. The fraction of sp³-hybridized carbons (Fsp3) is 0.105. The standard InChI is InChI=1S/C19H14F3N5O/c20-19(21,22)13-6-2-1-5-12(13)17-26-16(14-7-3-4-10-27(14)17)18(28)25-15-8-9-23-11-24-15/h1-11,17,26H,(H,23,24,25,28)/p+1. The number of carbonyl (C=O) groups excluding carboxylic acids is 1. The molecule has 28 heavy (non-hydrogen) atoms. The Morgan fingerprint density at radius 3 is 2.79 bits per heavy atom. The smallest absolute Gasteiger partial charge is 0.355 e. The molecule has 3 heterocycles. The molecule has 142 valence electrons. The number of fused-ring (bicyclic) bond motifs is 1. The average molecular weight is 386 g/mol. The van der Waals surface area contributed by atoms with Crippen molar-refractivity contribution in [2.45, 2.75) is 12.3 Å². The molecule has 0 fully saturated rings. The second kappa shape index (κ2) is 6.84. The number of aromatic nitrogens is 2. The third kappa shape index (κ3) is 3.22. The Morgan fingerprint density at radius 2 is 2.04 bits per heavy atom. The van der Waals surface area contributed by atoms with Gasteiger partial charge in [-0.2, -0.15) is 13.2 Å². The summed E-state index contributed by atoms with van der Waals surface area (Å²) in [5, 5.41) is 5.57. The van der Waals surface area contributed by atoms with Crippen LogP contribution in [0.1, 0.15) is 17.3 Å². The van der Waals surface area contributed by atoms with Crippen molar-refractivity contribution in [2.24, 2.45) is 0 Å². The van der Waals surface area contributed by atoms with E-state index in [1.54, 1.807) is 41.6 Å². The Bertz CT molecular complexity index is 998. The maximum Gasteiger partial charge on any atom is 0.416 e. The van der Waals surface area contributed by atoms with E-state index in [1.807, 2.05) is 0 Å². The largest absolute Gasteiger partial charge is 0.416 e. The van der Waals surface area contributed by atoms with Crippen molar-refractivity contribution >= 4 is 11.7 Å². The van der Waals surface area contributed by atoms with Gasteiger partial charge in [-0.3, -0.25) is 15.1 Å². The molecule has 0 aliphatic carbocycles. The number of H-pyrrole nitrogens is 1. The first-order chi connectivity index (χ1) is 13.4. The molecule has 0 radical (unpaired) electrons. The third-order valence-corrected chi connectivity index (χ3v) is 4.35. The molecule has 1 amide bonds. The van der Waals surface area contributed by atoms with Crippen molar-refractivity contribution in [1.29, 1.82) is 0 Å². The van der Waals surface area contributed by atoms with Gasteiger partial charge in [0.2, 0.25) is 0 Å². The van der Waals surface area contributed by atoms with Gasteiger partial charge in [-0.25, -0.2) is 0 Å². The zero-order chi connectivity index (χ0) is 19.7. The molecule has 1 unspecified atom stereocenters. The van der Waals surface area contributed by atoms with Gasteiger partial charge >= 0.3 is 6.18 Å². The number of alkyl halides is 3. The van der Waals surface area contributed by atoms with Gasteiger partial charge in [0.25, 0.3) is 18.1 Å². The summed E-state index contributed by atoms with van der Waals surface area (Å²) in [7, 11) is 0. The lowest BCUT2D eigenvalue weighted by Crippen LogP contribution is -2.30. The van der Waals surface area contributed by atoms with Gasteiger partial charge in [-0.15, -0.1) is 0 Å². The molecule has 0 bridgehead atoms. The number of carbonyl (C=O) groups is 1. The SMILES string of the molecule is O=C(Nc1cc[nH+]cn1)C1=C2C=CC=CN2C(c2ccccc2C(F)(F)F)N1. The maximum atomic E-state index is 13.5. The van der Waals surface area contributed by atoms with Crippen molar-refractivity contribution < 1.29 is 22.9 Å². The molecule has 2 aliphatic rings. The predicted octanol–water partition coefficient (Wildman–Crippen LogP) is 2.75. The first kappa shape index (κ1) is 17.8. The Kier molecular flexibility index (Phi) is 4.34. The van der Waals surface area contributed by atoms with Crippen LogP contribution in [0.4, 0.5) is 19.0 Å². The summed E-state index contributed by atoms with van der Waals surface area (Å²) in [6.07, 6.45) is 4.35. The number of anilines is 1. The lowest BCUT2D eigenvalue weighted by molar-refractivity contribution is -0.382. The summed E-state index contributed by atoms with van der Waals surface area (Å²) in [6.45, 7) is 0. The van der Waals surface area contributed by atoms with Crippen LogP contribution in [0, 0.1) is 0 Å². The normalized spacial score (nSPS) is 18.1. The third-order valence-electron chi connectivity index (χ3n) is 4.35. The first-order valence-electron chi connectivity index (χ1n) is 8.39. The molecular weight excluding hydrogens is 371 g/mol. The van der Waals surface area contributed by atoms with Crippen LogP contribution >= 0.6 is 0 Å². The highest BCUT2D eigenvalue weighted by molar-refractivity contribution is 6.04. The zero-order valence-electron chi connectivity index (χ0n) is 14.4. The number of hydrogen-bond acceptors (Lipinski definition) is 4. The molecule has 6 nitrogen and oxygen atoms in total. The van der Waals surface area contributed by atoms with Gasteiger partial charge in [0.1, 0.15) is 11.9 Å². The number of amides is 1.